The van der Waals surface area contributed by atoms with E-state index in [0.717, 1.165) is 48.7 Å². The molecule has 0 saturated carbocycles. The van der Waals surface area contributed by atoms with Gasteiger partial charge in [0.15, 0.2) is 0 Å². The van der Waals surface area contributed by atoms with Gasteiger partial charge in [0.25, 0.3) is 5.91 Å². The van der Waals surface area contributed by atoms with E-state index < -0.39 is 0 Å². The second kappa shape index (κ2) is 8.41. The molecule has 1 unspecified atom stereocenters. The Kier molecular flexibility index (Phi) is 5.74. The van der Waals surface area contributed by atoms with Crippen LogP contribution in [-0.4, -0.2) is 23.5 Å². The SMILES string of the molecule is O=C1NN(CCc2cccc(Br)c2)C(Cc2ccccc2)C2=C1CCCC2. The highest BCUT2D eigenvalue weighted by Crippen LogP contribution is 2.33. The van der Waals surface area contributed by atoms with E-state index in [1.807, 2.05) is 6.07 Å². The molecule has 2 aliphatic rings. The van der Waals surface area contributed by atoms with E-state index in [0.29, 0.717) is 0 Å². The van der Waals surface area contributed by atoms with Crippen molar-refractivity contribution in [3.63, 3.8) is 0 Å². The summed E-state index contributed by atoms with van der Waals surface area (Å²) in [6.07, 6.45) is 6.14. The summed E-state index contributed by atoms with van der Waals surface area (Å²) in [5.74, 6) is 0.114. The number of carbonyl (C=O) groups excluding carboxylic acids is 1. The molecule has 0 bridgehead atoms. The minimum atomic E-state index is 0.114. The van der Waals surface area contributed by atoms with Crippen molar-refractivity contribution >= 4 is 21.8 Å². The number of nitrogens with one attached hydrogen (secondary N) is 1. The van der Waals surface area contributed by atoms with E-state index in [1.165, 1.54) is 23.1 Å². The maximum absolute atomic E-state index is 12.7. The molecule has 27 heavy (non-hydrogen) atoms. The van der Waals surface area contributed by atoms with Gasteiger partial charge in [-0.2, -0.15) is 0 Å². The number of hydrogen-bond donors (Lipinski definition) is 1. The number of hydrogen-bond acceptors (Lipinski definition) is 2. The van der Waals surface area contributed by atoms with Crippen LogP contribution in [0.25, 0.3) is 0 Å². The quantitative estimate of drug-likeness (QED) is 0.745. The molecular weight excluding hydrogens is 400 g/mol. The van der Waals surface area contributed by atoms with Gasteiger partial charge in [-0.05, 0) is 67.4 Å². The van der Waals surface area contributed by atoms with Gasteiger partial charge in [0, 0.05) is 16.6 Å². The van der Waals surface area contributed by atoms with E-state index in [4.69, 9.17) is 0 Å². The zero-order chi connectivity index (χ0) is 18.6. The van der Waals surface area contributed by atoms with E-state index in [2.05, 4.69) is 74.9 Å². The Morgan fingerprint density at radius 1 is 1.00 bits per heavy atom. The summed E-state index contributed by atoms with van der Waals surface area (Å²) in [6.45, 7) is 0.816. The Bertz CT molecular complexity index is 846. The van der Waals surface area contributed by atoms with Crippen molar-refractivity contribution < 1.29 is 4.79 Å². The predicted molar refractivity (Wildman–Crippen MR) is 112 cm³/mol. The third kappa shape index (κ3) is 4.33. The summed E-state index contributed by atoms with van der Waals surface area (Å²) in [4.78, 5) is 12.7. The Morgan fingerprint density at radius 3 is 2.59 bits per heavy atom. The second-order valence-electron chi connectivity index (χ2n) is 7.43. The normalized spacial score (nSPS) is 20.3. The van der Waals surface area contributed by atoms with Crippen LogP contribution in [0.5, 0.6) is 0 Å². The molecule has 2 aromatic rings. The van der Waals surface area contributed by atoms with Crippen molar-refractivity contribution in [3.8, 4) is 0 Å². The fourth-order valence-corrected chi connectivity index (χ4v) is 4.69. The van der Waals surface area contributed by atoms with Crippen LogP contribution >= 0.6 is 15.9 Å². The lowest BCUT2D eigenvalue weighted by Crippen LogP contribution is -2.55. The number of carbonyl (C=O) groups is 1. The summed E-state index contributed by atoms with van der Waals surface area (Å²) in [7, 11) is 0. The molecule has 1 aliphatic carbocycles. The summed E-state index contributed by atoms with van der Waals surface area (Å²) in [5, 5.41) is 2.18. The van der Waals surface area contributed by atoms with Gasteiger partial charge in [0.1, 0.15) is 0 Å². The van der Waals surface area contributed by atoms with Crippen molar-refractivity contribution in [2.45, 2.75) is 44.6 Å². The first-order valence-corrected chi connectivity index (χ1v) is 10.6. The summed E-state index contributed by atoms with van der Waals surface area (Å²) in [5.41, 5.74) is 8.20. The molecule has 1 N–H and O–H groups in total. The molecule has 0 fully saturated rings. The average molecular weight is 425 g/mol. The van der Waals surface area contributed by atoms with Crippen LogP contribution in [0.3, 0.4) is 0 Å². The number of benzene rings is 2. The molecule has 4 rings (SSSR count). The van der Waals surface area contributed by atoms with Crippen molar-refractivity contribution in [3.05, 3.63) is 81.3 Å². The maximum Gasteiger partial charge on any atom is 0.261 e. The summed E-state index contributed by atoms with van der Waals surface area (Å²) in [6, 6.07) is 19.3. The number of amides is 1. The molecule has 1 atom stereocenters. The first-order valence-electron chi connectivity index (χ1n) is 9.78. The standard InChI is InChI=1S/C23H25BrN2O/c24-19-10-6-9-18(15-19)13-14-26-22(16-17-7-2-1-3-8-17)20-11-4-5-12-21(20)23(27)25-26/h1-3,6-10,15,22H,4-5,11-14,16H2,(H,25,27). The van der Waals surface area contributed by atoms with Gasteiger partial charge in [-0.1, -0.05) is 58.4 Å². The second-order valence-corrected chi connectivity index (χ2v) is 8.35. The van der Waals surface area contributed by atoms with Gasteiger partial charge in [-0.3, -0.25) is 10.2 Å². The van der Waals surface area contributed by atoms with E-state index >= 15 is 0 Å². The third-order valence-corrected chi connectivity index (χ3v) is 6.10. The van der Waals surface area contributed by atoms with Crippen LogP contribution < -0.4 is 5.43 Å². The number of halogens is 1. The van der Waals surface area contributed by atoms with Crippen LogP contribution in [-0.2, 0) is 17.6 Å². The largest absolute Gasteiger partial charge is 0.284 e. The first kappa shape index (κ1) is 18.5. The van der Waals surface area contributed by atoms with Crippen molar-refractivity contribution in [1.82, 2.24) is 10.4 Å². The van der Waals surface area contributed by atoms with Gasteiger partial charge in [-0.15, -0.1) is 0 Å². The Hall–Kier alpha value is -1.91. The molecule has 1 aliphatic heterocycles. The lowest BCUT2D eigenvalue weighted by molar-refractivity contribution is -0.124. The lowest BCUT2D eigenvalue weighted by atomic mass is 9.83. The molecule has 0 saturated heterocycles. The summed E-state index contributed by atoms with van der Waals surface area (Å²) < 4.78 is 1.10. The Morgan fingerprint density at radius 2 is 1.78 bits per heavy atom. The first-order chi connectivity index (χ1) is 13.2. The molecule has 0 spiro atoms. The zero-order valence-corrected chi connectivity index (χ0v) is 17.0. The molecule has 0 radical (unpaired) electrons. The van der Waals surface area contributed by atoms with E-state index in [-0.39, 0.29) is 11.9 Å². The molecule has 140 valence electrons. The predicted octanol–water partition coefficient (Wildman–Crippen LogP) is 4.82. The highest BCUT2D eigenvalue weighted by molar-refractivity contribution is 9.10. The lowest BCUT2D eigenvalue weighted by Gasteiger charge is -2.40. The molecule has 2 aromatic carbocycles. The molecule has 1 amide bonds. The summed E-state index contributed by atoms with van der Waals surface area (Å²) >= 11 is 3.55. The monoisotopic (exact) mass is 424 g/mol. The van der Waals surface area contributed by atoms with Crippen LogP contribution in [0.1, 0.15) is 36.8 Å². The van der Waals surface area contributed by atoms with Crippen LogP contribution in [0.4, 0.5) is 0 Å². The number of hydrazine groups is 1. The van der Waals surface area contributed by atoms with Gasteiger partial charge in [0.2, 0.25) is 0 Å². The topological polar surface area (TPSA) is 32.3 Å². The smallest absolute Gasteiger partial charge is 0.261 e. The number of nitrogens with zero attached hydrogens (tertiary/aromatic N) is 1. The number of rotatable bonds is 5. The average Bonchev–Trinajstić information content (AvgIpc) is 2.70. The van der Waals surface area contributed by atoms with Crippen molar-refractivity contribution in [2.24, 2.45) is 0 Å². The molecule has 3 nitrogen and oxygen atoms in total. The Balaban J connectivity index is 1.58. The Labute approximate surface area is 169 Å². The zero-order valence-electron chi connectivity index (χ0n) is 15.5. The van der Waals surface area contributed by atoms with Gasteiger partial charge < -0.3 is 0 Å². The van der Waals surface area contributed by atoms with Crippen molar-refractivity contribution in [2.75, 3.05) is 6.54 Å². The van der Waals surface area contributed by atoms with Crippen LogP contribution in [0, 0.1) is 0 Å². The molecule has 4 heteroatoms. The molecular formula is C23H25BrN2O. The van der Waals surface area contributed by atoms with Gasteiger partial charge >= 0.3 is 0 Å². The minimum absolute atomic E-state index is 0.114. The minimum Gasteiger partial charge on any atom is -0.284 e. The van der Waals surface area contributed by atoms with Crippen LogP contribution in [0.2, 0.25) is 0 Å². The fraction of sp³-hybridized carbons (Fsp3) is 0.348. The van der Waals surface area contributed by atoms with Gasteiger partial charge in [-0.25, -0.2) is 5.01 Å². The van der Waals surface area contributed by atoms with E-state index in [9.17, 15) is 4.79 Å². The molecule has 0 aromatic heterocycles. The van der Waals surface area contributed by atoms with Crippen molar-refractivity contribution in [1.29, 1.82) is 0 Å². The fourth-order valence-electron chi connectivity index (χ4n) is 4.24. The third-order valence-electron chi connectivity index (χ3n) is 5.61. The highest BCUT2D eigenvalue weighted by Gasteiger charge is 2.34. The highest BCUT2D eigenvalue weighted by atomic mass is 79.9. The van der Waals surface area contributed by atoms with E-state index in [1.54, 1.807) is 0 Å². The van der Waals surface area contributed by atoms with Gasteiger partial charge in [0.05, 0.1) is 6.04 Å². The van der Waals surface area contributed by atoms with Crippen LogP contribution in [0.15, 0.2) is 70.2 Å². The maximum atomic E-state index is 12.7. The molecule has 1 heterocycles.